The summed E-state index contributed by atoms with van der Waals surface area (Å²) < 4.78 is 0.202. The van der Waals surface area contributed by atoms with E-state index >= 15 is 0 Å². The quantitative estimate of drug-likeness (QED) is 0.668. The van der Waals surface area contributed by atoms with E-state index in [1.807, 2.05) is 18.7 Å². The molecule has 0 aliphatic rings. The van der Waals surface area contributed by atoms with Crippen molar-refractivity contribution < 1.29 is 4.79 Å². The molecule has 0 saturated carbocycles. The van der Waals surface area contributed by atoms with Crippen molar-refractivity contribution in [2.24, 2.45) is 5.92 Å². The normalized spacial score (nSPS) is 13.5. The fraction of sp³-hybridized carbons (Fsp3) is 0.923. The highest BCUT2D eigenvalue weighted by Gasteiger charge is 2.26. The Morgan fingerprint density at radius 1 is 1.29 bits per heavy atom. The average molecular weight is 260 g/mol. The van der Waals surface area contributed by atoms with Crippen LogP contribution in [0.15, 0.2) is 0 Å². The van der Waals surface area contributed by atoms with E-state index in [9.17, 15) is 4.79 Å². The zero-order valence-electron chi connectivity index (χ0n) is 11.9. The minimum Gasteiger partial charge on any atom is -0.354 e. The van der Waals surface area contributed by atoms with Crippen molar-refractivity contribution in [2.75, 3.05) is 25.9 Å². The molecule has 0 radical (unpaired) electrons. The topological polar surface area (TPSA) is 41.1 Å². The smallest absolute Gasteiger partial charge is 0.224 e. The first-order chi connectivity index (χ1) is 8.05. The Balaban J connectivity index is 4.12. The van der Waals surface area contributed by atoms with Crippen LogP contribution in [0.4, 0.5) is 0 Å². The fourth-order valence-corrected chi connectivity index (χ4v) is 2.53. The summed E-state index contributed by atoms with van der Waals surface area (Å²) in [6.45, 7) is 10.8. The highest BCUT2D eigenvalue weighted by Crippen LogP contribution is 2.29. The van der Waals surface area contributed by atoms with Gasteiger partial charge in [0.2, 0.25) is 5.91 Å². The molecule has 0 saturated heterocycles. The lowest BCUT2D eigenvalue weighted by molar-refractivity contribution is -0.124. The largest absolute Gasteiger partial charge is 0.354 e. The highest BCUT2D eigenvalue weighted by atomic mass is 32.2. The highest BCUT2D eigenvalue weighted by molar-refractivity contribution is 8.00. The minimum atomic E-state index is 0.0446. The molecule has 102 valence electrons. The van der Waals surface area contributed by atoms with Crippen LogP contribution in [0.25, 0.3) is 0 Å². The number of hydrogen-bond acceptors (Lipinski definition) is 3. The Hall–Kier alpha value is -0.220. The molecule has 0 aromatic rings. The second kappa shape index (κ2) is 8.81. The van der Waals surface area contributed by atoms with E-state index in [4.69, 9.17) is 0 Å². The van der Waals surface area contributed by atoms with Crippen LogP contribution in [0.5, 0.6) is 0 Å². The molecule has 0 aromatic heterocycles. The van der Waals surface area contributed by atoms with Crippen molar-refractivity contribution in [1.29, 1.82) is 0 Å². The Morgan fingerprint density at radius 2 is 1.88 bits per heavy atom. The van der Waals surface area contributed by atoms with E-state index in [1.165, 1.54) is 0 Å². The lowest BCUT2D eigenvalue weighted by atomic mass is 10.0. The number of carbonyl (C=O) groups excluding carboxylic acids is 1. The Kier molecular flexibility index (Phi) is 8.70. The van der Waals surface area contributed by atoms with Crippen LogP contribution in [0.2, 0.25) is 0 Å². The Labute approximate surface area is 111 Å². The molecule has 0 rings (SSSR count). The summed E-state index contributed by atoms with van der Waals surface area (Å²) in [6.07, 6.45) is 4.31. The van der Waals surface area contributed by atoms with Gasteiger partial charge >= 0.3 is 0 Å². The molecule has 0 spiro atoms. The third-order valence-corrected chi connectivity index (χ3v) is 5.04. The second-order valence-electron chi connectivity index (χ2n) is 4.52. The van der Waals surface area contributed by atoms with Gasteiger partial charge in [0.25, 0.3) is 0 Å². The summed E-state index contributed by atoms with van der Waals surface area (Å²) >= 11 is 1.86. The van der Waals surface area contributed by atoms with E-state index in [0.29, 0.717) is 0 Å². The van der Waals surface area contributed by atoms with Crippen LogP contribution in [0, 0.1) is 5.92 Å². The molecule has 1 amide bonds. The Bertz CT molecular complexity index is 209. The van der Waals surface area contributed by atoms with Gasteiger partial charge in [0.1, 0.15) is 0 Å². The van der Waals surface area contributed by atoms with Crippen LogP contribution < -0.4 is 10.6 Å². The average Bonchev–Trinajstić information content (AvgIpc) is 2.37. The van der Waals surface area contributed by atoms with Gasteiger partial charge in [-0.2, -0.15) is 11.8 Å². The standard InChI is InChI=1S/C13H28N2OS/c1-6-13(7-2,17-5)10-15-12(16)11(4)9-14-8-3/h11,14H,6-10H2,1-5H3,(H,15,16). The molecule has 0 heterocycles. The monoisotopic (exact) mass is 260 g/mol. The van der Waals surface area contributed by atoms with Crippen molar-refractivity contribution in [3.8, 4) is 0 Å². The van der Waals surface area contributed by atoms with Crippen molar-refractivity contribution in [2.45, 2.75) is 45.3 Å². The fourth-order valence-electron chi connectivity index (χ4n) is 1.74. The van der Waals surface area contributed by atoms with Crippen LogP contribution in [0.1, 0.15) is 40.5 Å². The van der Waals surface area contributed by atoms with Crippen molar-refractivity contribution in [3.63, 3.8) is 0 Å². The summed E-state index contributed by atoms with van der Waals surface area (Å²) in [4.78, 5) is 11.9. The van der Waals surface area contributed by atoms with Gasteiger partial charge in [0.15, 0.2) is 0 Å². The first-order valence-corrected chi connectivity index (χ1v) is 7.81. The van der Waals surface area contributed by atoms with E-state index in [1.54, 1.807) is 0 Å². The SMILES string of the molecule is CCNCC(C)C(=O)NCC(CC)(CC)SC. The maximum Gasteiger partial charge on any atom is 0.224 e. The molecule has 1 atom stereocenters. The molecule has 1 unspecified atom stereocenters. The molecule has 0 aliphatic carbocycles. The number of rotatable bonds is 9. The summed E-state index contributed by atoms with van der Waals surface area (Å²) in [6, 6.07) is 0. The van der Waals surface area contributed by atoms with Gasteiger partial charge in [-0.1, -0.05) is 27.7 Å². The van der Waals surface area contributed by atoms with Gasteiger partial charge in [-0.25, -0.2) is 0 Å². The van der Waals surface area contributed by atoms with Crippen LogP contribution in [-0.4, -0.2) is 36.5 Å². The van der Waals surface area contributed by atoms with Crippen molar-refractivity contribution in [1.82, 2.24) is 10.6 Å². The number of hydrogen-bond donors (Lipinski definition) is 2. The van der Waals surface area contributed by atoms with Gasteiger partial charge in [-0.05, 0) is 25.6 Å². The third kappa shape index (κ3) is 5.77. The number of nitrogens with one attached hydrogen (secondary N) is 2. The number of thioether (sulfide) groups is 1. The molecular weight excluding hydrogens is 232 g/mol. The first-order valence-electron chi connectivity index (χ1n) is 6.58. The van der Waals surface area contributed by atoms with E-state index in [-0.39, 0.29) is 16.6 Å². The zero-order chi connectivity index (χ0) is 13.3. The molecule has 0 fully saturated rings. The number of carbonyl (C=O) groups is 1. The zero-order valence-corrected chi connectivity index (χ0v) is 12.7. The van der Waals surface area contributed by atoms with Crippen LogP contribution in [0.3, 0.4) is 0 Å². The predicted octanol–water partition coefficient (Wildman–Crippen LogP) is 2.27. The molecular formula is C13H28N2OS. The molecule has 0 bridgehead atoms. The van der Waals surface area contributed by atoms with Gasteiger partial charge < -0.3 is 10.6 Å². The van der Waals surface area contributed by atoms with Gasteiger partial charge in [0.05, 0.1) is 0 Å². The minimum absolute atomic E-state index is 0.0446. The van der Waals surface area contributed by atoms with Gasteiger partial charge in [-0.3, -0.25) is 4.79 Å². The third-order valence-electron chi connectivity index (χ3n) is 3.45. The molecule has 2 N–H and O–H groups in total. The van der Waals surface area contributed by atoms with E-state index < -0.39 is 0 Å². The molecule has 0 aliphatic heterocycles. The molecule has 0 aromatic carbocycles. The maximum absolute atomic E-state index is 11.9. The van der Waals surface area contributed by atoms with E-state index in [2.05, 4.69) is 37.7 Å². The lowest BCUT2D eigenvalue weighted by Crippen LogP contribution is -2.43. The van der Waals surface area contributed by atoms with E-state index in [0.717, 1.165) is 32.5 Å². The summed E-state index contributed by atoms with van der Waals surface area (Å²) in [5, 5.41) is 6.29. The maximum atomic E-state index is 11.9. The molecule has 3 nitrogen and oxygen atoms in total. The van der Waals surface area contributed by atoms with Crippen molar-refractivity contribution >= 4 is 17.7 Å². The van der Waals surface area contributed by atoms with Crippen LogP contribution >= 0.6 is 11.8 Å². The summed E-state index contributed by atoms with van der Waals surface area (Å²) in [7, 11) is 0. The lowest BCUT2D eigenvalue weighted by Gasteiger charge is -2.30. The molecule has 17 heavy (non-hydrogen) atoms. The van der Waals surface area contributed by atoms with Crippen molar-refractivity contribution in [3.05, 3.63) is 0 Å². The Morgan fingerprint density at radius 3 is 2.29 bits per heavy atom. The van der Waals surface area contributed by atoms with Gasteiger partial charge in [-0.15, -0.1) is 0 Å². The van der Waals surface area contributed by atoms with Crippen LogP contribution in [-0.2, 0) is 4.79 Å². The molecule has 4 heteroatoms. The first kappa shape index (κ1) is 16.8. The predicted molar refractivity (Wildman–Crippen MR) is 77.5 cm³/mol. The second-order valence-corrected chi connectivity index (χ2v) is 5.80. The summed E-state index contributed by atoms with van der Waals surface area (Å²) in [5.74, 6) is 0.203. The van der Waals surface area contributed by atoms with Gasteiger partial charge in [0, 0.05) is 23.8 Å². The number of amides is 1. The summed E-state index contributed by atoms with van der Waals surface area (Å²) in [5.41, 5.74) is 0.